The van der Waals surface area contributed by atoms with E-state index in [-0.39, 0.29) is 5.78 Å². The Morgan fingerprint density at radius 3 is 2.74 bits per heavy atom. The number of carbonyl (C=O) groups is 1. The van der Waals surface area contributed by atoms with Crippen LogP contribution in [0.3, 0.4) is 0 Å². The summed E-state index contributed by atoms with van der Waals surface area (Å²) < 4.78 is 10.8. The van der Waals surface area contributed by atoms with Gasteiger partial charge in [0.1, 0.15) is 11.5 Å². The Balaban J connectivity index is 2.16. The Hall–Kier alpha value is -2.20. The van der Waals surface area contributed by atoms with E-state index in [9.17, 15) is 4.79 Å². The molecule has 0 bridgehead atoms. The molecule has 2 rings (SSSR count). The van der Waals surface area contributed by atoms with Gasteiger partial charge >= 0.3 is 0 Å². The van der Waals surface area contributed by atoms with Crippen molar-refractivity contribution in [2.45, 2.75) is 11.8 Å². The molecule has 0 aliphatic rings. The number of allylic oxidation sites excluding steroid dienone is 1. The predicted molar refractivity (Wildman–Crippen MR) is 95.8 cm³/mol. The first-order chi connectivity index (χ1) is 11.2. The van der Waals surface area contributed by atoms with Gasteiger partial charge in [-0.1, -0.05) is 18.2 Å². The molecule has 0 fully saturated rings. The topological polar surface area (TPSA) is 35.5 Å². The maximum absolute atomic E-state index is 12.3. The monoisotopic (exact) mass is 328 g/mol. The Kier molecular flexibility index (Phi) is 6.29. The third-order valence-electron chi connectivity index (χ3n) is 3.26. The molecule has 120 valence electrons. The van der Waals surface area contributed by atoms with E-state index in [0.29, 0.717) is 12.2 Å². The van der Waals surface area contributed by atoms with Gasteiger partial charge in [0.25, 0.3) is 0 Å². The molecule has 0 heterocycles. The van der Waals surface area contributed by atoms with E-state index in [0.717, 1.165) is 22.0 Å². The van der Waals surface area contributed by atoms with E-state index in [4.69, 9.17) is 9.47 Å². The minimum atomic E-state index is -0.0576. The van der Waals surface area contributed by atoms with Crippen LogP contribution in [0.5, 0.6) is 11.5 Å². The zero-order valence-corrected chi connectivity index (χ0v) is 14.4. The second kappa shape index (κ2) is 8.44. The molecule has 0 radical (unpaired) electrons. The van der Waals surface area contributed by atoms with E-state index in [1.807, 2.05) is 49.6 Å². The fourth-order valence-electron chi connectivity index (χ4n) is 2.13. The normalized spacial score (nSPS) is 10.7. The number of carbonyl (C=O) groups excluding carboxylic acids is 1. The molecule has 3 nitrogen and oxygen atoms in total. The van der Waals surface area contributed by atoms with E-state index in [1.165, 1.54) is 0 Å². The zero-order valence-electron chi connectivity index (χ0n) is 13.5. The molecule has 0 saturated carbocycles. The summed E-state index contributed by atoms with van der Waals surface area (Å²) in [5.41, 5.74) is 1.54. The van der Waals surface area contributed by atoms with Gasteiger partial charge in [-0.2, -0.15) is 0 Å². The van der Waals surface area contributed by atoms with Crippen molar-refractivity contribution in [3.05, 3.63) is 59.7 Å². The summed E-state index contributed by atoms with van der Waals surface area (Å²) in [5, 5.41) is 0. The van der Waals surface area contributed by atoms with Crippen LogP contribution >= 0.6 is 11.8 Å². The van der Waals surface area contributed by atoms with Gasteiger partial charge in [0.2, 0.25) is 0 Å². The molecular formula is C19H20O3S. The van der Waals surface area contributed by atoms with Crippen molar-refractivity contribution in [2.24, 2.45) is 0 Å². The number of ether oxygens (including phenoxy) is 2. The molecule has 0 aliphatic carbocycles. The third kappa shape index (κ3) is 4.63. The molecule has 0 aliphatic heterocycles. The van der Waals surface area contributed by atoms with Crippen molar-refractivity contribution < 1.29 is 14.3 Å². The summed E-state index contributed by atoms with van der Waals surface area (Å²) in [6, 6.07) is 13.1. The first-order valence-electron chi connectivity index (χ1n) is 7.35. The molecule has 0 unspecified atom stereocenters. The van der Waals surface area contributed by atoms with E-state index in [2.05, 4.69) is 0 Å². The average molecular weight is 328 g/mol. The smallest absolute Gasteiger partial charge is 0.185 e. The summed E-state index contributed by atoms with van der Waals surface area (Å²) >= 11 is 1.59. The largest absolute Gasteiger partial charge is 0.496 e. The molecular weight excluding hydrogens is 308 g/mol. The molecule has 0 atom stereocenters. The molecule has 0 saturated heterocycles. The van der Waals surface area contributed by atoms with Crippen LogP contribution in [-0.2, 0) is 0 Å². The Bertz CT molecular complexity index is 708. The van der Waals surface area contributed by atoms with Crippen molar-refractivity contribution in [1.82, 2.24) is 0 Å². The van der Waals surface area contributed by atoms with E-state index in [1.54, 1.807) is 37.1 Å². The number of hydrogen-bond donors (Lipinski definition) is 0. The summed E-state index contributed by atoms with van der Waals surface area (Å²) in [6.45, 7) is 2.56. The third-order valence-corrected chi connectivity index (χ3v) is 4.04. The SMILES string of the molecule is CCOc1cccc(/C=C/C(=O)c2ccc(SC)c(OC)c2)c1. The van der Waals surface area contributed by atoms with Crippen LogP contribution < -0.4 is 9.47 Å². The van der Waals surface area contributed by atoms with Crippen molar-refractivity contribution in [3.8, 4) is 11.5 Å². The van der Waals surface area contributed by atoms with Gasteiger partial charge in [-0.25, -0.2) is 0 Å². The number of thioether (sulfide) groups is 1. The number of ketones is 1. The molecule has 2 aromatic carbocycles. The van der Waals surface area contributed by atoms with Crippen LogP contribution in [0.15, 0.2) is 53.4 Å². The number of rotatable bonds is 7. The van der Waals surface area contributed by atoms with Gasteiger partial charge in [-0.15, -0.1) is 11.8 Å². The lowest BCUT2D eigenvalue weighted by molar-refractivity contribution is 0.104. The van der Waals surface area contributed by atoms with Crippen LogP contribution in [-0.4, -0.2) is 25.8 Å². The maximum Gasteiger partial charge on any atom is 0.185 e. The van der Waals surface area contributed by atoms with E-state index >= 15 is 0 Å². The number of methoxy groups -OCH3 is 1. The Morgan fingerprint density at radius 1 is 1.22 bits per heavy atom. The van der Waals surface area contributed by atoms with Gasteiger partial charge in [0.05, 0.1) is 13.7 Å². The lowest BCUT2D eigenvalue weighted by Gasteiger charge is -2.07. The first-order valence-corrected chi connectivity index (χ1v) is 8.57. The number of hydrogen-bond acceptors (Lipinski definition) is 4. The fraction of sp³-hybridized carbons (Fsp3) is 0.211. The first kappa shape index (κ1) is 17.2. The summed E-state index contributed by atoms with van der Waals surface area (Å²) in [6.07, 6.45) is 5.34. The minimum Gasteiger partial charge on any atom is -0.496 e. The molecule has 2 aromatic rings. The number of benzene rings is 2. The van der Waals surface area contributed by atoms with Crippen molar-refractivity contribution in [2.75, 3.05) is 20.0 Å². The van der Waals surface area contributed by atoms with Crippen LogP contribution in [0.1, 0.15) is 22.8 Å². The summed E-state index contributed by atoms with van der Waals surface area (Å²) in [4.78, 5) is 13.3. The zero-order chi connectivity index (χ0) is 16.7. The molecule has 0 amide bonds. The maximum atomic E-state index is 12.3. The highest BCUT2D eigenvalue weighted by atomic mass is 32.2. The average Bonchev–Trinajstić information content (AvgIpc) is 2.59. The van der Waals surface area contributed by atoms with Crippen LogP contribution in [0.4, 0.5) is 0 Å². The highest BCUT2D eigenvalue weighted by molar-refractivity contribution is 7.98. The molecule has 4 heteroatoms. The Labute approximate surface area is 141 Å². The van der Waals surface area contributed by atoms with Crippen LogP contribution in [0.25, 0.3) is 6.08 Å². The molecule has 0 spiro atoms. The van der Waals surface area contributed by atoms with Gasteiger partial charge in [-0.05, 0) is 55.2 Å². The highest BCUT2D eigenvalue weighted by Gasteiger charge is 2.07. The standard InChI is InChI=1S/C19H20O3S/c1-4-22-16-7-5-6-14(12-16)8-10-17(20)15-9-11-19(23-3)18(13-15)21-2/h5-13H,4H2,1-3H3/b10-8+. The van der Waals surface area contributed by atoms with Gasteiger partial charge in [0.15, 0.2) is 5.78 Å². The molecule has 0 aromatic heterocycles. The second-order valence-electron chi connectivity index (χ2n) is 4.77. The van der Waals surface area contributed by atoms with Crippen molar-refractivity contribution in [1.29, 1.82) is 0 Å². The molecule has 23 heavy (non-hydrogen) atoms. The van der Waals surface area contributed by atoms with Crippen molar-refractivity contribution >= 4 is 23.6 Å². The van der Waals surface area contributed by atoms with Gasteiger partial charge in [0, 0.05) is 10.5 Å². The second-order valence-corrected chi connectivity index (χ2v) is 5.62. The van der Waals surface area contributed by atoms with Crippen LogP contribution in [0, 0.1) is 0 Å². The Morgan fingerprint density at radius 2 is 2.04 bits per heavy atom. The van der Waals surface area contributed by atoms with Gasteiger partial charge < -0.3 is 9.47 Å². The van der Waals surface area contributed by atoms with E-state index < -0.39 is 0 Å². The molecule has 0 N–H and O–H groups in total. The minimum absolute atomic E-state index is 0.0576. The van der Waals surface area contributed by atoms with Crippen molar-refractivity contribution in [3.63, 3.8) is 0 Å². The van der Waals surface area contributed by atoms with Gasteiger partial charge in [-0.3, -0.25) is 4.79 Å². The summed E-state index contributed by atoms with van der Waals surface area (Å²) in [7, 11) is 1.61. The lowest BCUT2D eigenvalue weighted by Crippen LogP contribution is -1.96. The fourth-order valence-corrected chi connectivity index (χ4v) is 2.68. The quantitative estimate of drug-likeness (QED) is 0.419. The predicted octanol–water partition coefficient (Wildman–Crippen LogP) is 4.71. The lowest BCUT2D eigenvalue weighted by atomic mass is 10.1. The highest BCUT2D eigenvalue weighted by Crippen LogP contribution is 2.28. The summed E-state index contributed by atoms with van der Waals surface area (Å²) in [5.74, 6) is 1.46. The van der Waals surface area contributed by atoms with Crippen LogP contribution in [0.2, 0.25) is 0 Å².